The van der Waals surface area contributed by atoms with Crippen LogP contribution in [0, 0.1) is 25.2 Å². The molecular weight excluding hydrogens is 304 g/mol. The van der Waals surface area contributed by atoms with E-state index in [1.807, 2.05) is 37.6 Å². The Morgan fingerprint density at radius 2 is 2.25 bits per heavy atom. The number of hydrogen-bond acceptors (Lipinski definition) is 4. The molecule has 2 aromatic heterocycles. The lowest BCUT2D eigenvalue weighted by Crippen LogP contribution is -2.29. The molecule has 1 unspecified atom stereocenters. The van der Waals surface area contributed by atoms with Crippen LogP contribution >= 0.6 is 0 Å². The lowest BCUT2D eigenvalue weighted by molar-refractivity contribution is -0.132. The van der Waals surface area contributed by atoms with Gasteiger partial charge in [-0.2, -0.15) is 10.4 Å². The number of nitrogens with zero attached hydrogens (tertiary/aromatic N) is 4. The van der Waals surface area contributed by atoms with E-state index < -0.39 is 0 Å². The first-order valence-electron chi connectivity index (χ1n) is 8.14. The highest BCUT2D eigenvalue weighted by Crippen LogP contribution is 2.21. The third-order valence-electron chi connectivity index (χ3n) is 4.48. The summed E-state index contributed by atoms with van der Waals surface area (Å²) >= 11 is 0. The van der Waals surface area contributed by atoms with Crippen LogP contribution in [-0.2, 0) is 17.8 Å². The van der Waals surface area contributed by atoms with E-state index in [0.717, 1.165) is 22.7 Å². The maximum absolute atomic E-state index is 12.5. The van der Waals surface area contributed by atoms with Crippen molar-refractivity contribution in [2.24, 2.45) is 0 Å². The molecular formula is C18H24N4O2. The predicted octanol–water partition coefficient (Wildman–Crippen LogP) is 3.16. The standard InChI is InChI=1S/C18H24N4O2/c1-13-16(14(2)22(20-13)11-6-10-19)8-9-18(23)21(4)15(3)17-7-5-12-24-17/h5,7,12,15H,6,8-9,11H2,1-4H3. The second kappa shape index (κ2) is 7.82. The number of amides is 1. The number of furan rings is 1. The van der Waals surface area contributed by atoms with Crippen LogP contribution < -0.4 is 0 Å². The van der Waals surface area contributed by atoms with Gasteiger partial charge in [0.05, 0.1) is 37.0 Å². The highest BCUT2D eigenvalue weighted by atomic mass is 16.3. The molecule has 0 fully saturated rings. The number of hydrogen-bond donors (Lipinski definition) is 0. The van der Waals surface area contributed by atoms with Crippen molar-refractivity contribution in [3.05, 3.63) is 41.1 Å². The first kappa shape index (κ1) is 17.8. The molecule has 128 valence electrons. The molecule has 0 aliphatic rings. The average molecular weight is 328 g/mol. The van der Waals surface area contributed by atoms with E-state index in [4.69, 9.17) is 9.68 Å². The quantitative estimate of drug-likeness (QED) is 0.782. The summed E-state index contributed by atoms with van der Waals surface area (Å²) in [6.45, 7) is 6.48. The molecule has 2 aromatic rings. The van der Waals surface area contributed by atoms with E-state index in [-0.39, 0.29) is 11.9 Å². The van der Waals surface area contributed by atoms with Crippen LogP contribution in [-0.4, -0.2) is 27.6 Å². The van der Waals surface area contributed by atoms with Crippen LogP contribution in [0.2, 0.25) is 0 Å². The van der Waals surface area contributed by atoms with Crippen LogP contribution in [0.4, 0.5) is 0 Å². The Kier molecular flexibility index (Phi) is 5.80. The van der Waals surface area contributed by atoms with E-state index in [2.05, 4.69) is 11.2 Å². The van der Waals surface area contributed by atoms with Crippen molar-refractivity contribution in [2.75, 3.05) is 7.05 Å². The number of aryl methyl sites for hydroxylation is 2. The van der Waals surface area contributed by atoms with E-state index in [1.165, 1.54) is 0 Å². The monoisotopic (exact) mass is 328 g/mol. The minimum atomic E-state index is -0.0898. The van der Waals surface area contributed by atoms with Crippen molar-refractivity contribution >= 4 is 5.91 Å². The highest BCUT2D eigenvalue weighted by molar-refractivity contribution is 5.76. The molecule has 0 aromatic carbocycles. The molecule has 0 bridgehead atoms. The summed E-state index contributed by atoms with van der Waals surface area (Å²) in [4.78, 5) is 14.2. The van der Waals surface area contributed by atoms with Crippen LogP contribution in [0.25, 0.3) is 0 Å². The van der Waals surface area contributed by atoms with Gasteiger partial charge >= 0.3 is 0 Å². The summed E-state index contributed by atoms with van der Waals surface area (Å²) in [7, 11) is 1.80. The maximum atomic E-state index is 12.5. The first-order chi connectivity index (χ1) is 11.5. The summed E-state index contributed by atoms with van der Waals surface area (Å²) in [6, 6.07) is 5.75. The van der Waals surface area contributed by atoms with Crippen molar-refractivity contribution < 1.29 is 9.21 Å². The zero-order valence-electron chi connectivity index (χ0n) is 14.7. The number of carbonyl (C=O) groups excluding carboxylic acids is 1. The van der Waals surface area contributed by atoms with Crippen molar-refractivity contribution in [1.29, 1.82) is 5.26 Å². The van der Waals surface area contributed by atoms with Crippen molar-refractivity contribution in [2.45, 2.75) is 52.6 Å². The highest BCUT2D eigenvalue weighted by Gasteiger charge is 2.20. The molecule has 1 atom stereocenters. The second-order valence-electron chi connectivity index (χ2n) is 5.98. The summed E-state index contributed by atoms with van der Waals surface area (Å²) in [5.74, 6) is 0.852. The second-order valence-corrected chi connectivity index (χ2v) is 5.98. The van der Waals surface area contributed by atoms with Gasteiger partial charge in [-0.25, -0.2) is 0 Å². The molecule has 0 saturated heterocycles. The number of nitriles is 1. The van der Waals surface area contributed by atoms with Crippen LogP contribution in [0.1, 0.15) is 48.5 Å². The van der Waals surface area contributed by atoms with Gasteiger partial charge in [0, 0.05) is 19.2 Å². The molecule has 0 radical (unpaired) electrons. The Morgan fingerprint density at radius 1 is 1.50 bits per heavy atom. The first-order valence-corrected chi connectivity index (χ1v) is 8.14. The van der Waals surface area contributed by atoms with Gasteiger partial charge in [0.1, 0.15) is 5.76 Å². The van der Waals surface area contributed by atoms with Crippen LogP contribution in [0.15, 0.2) is 22.8 Å². The molecule has 2 rings (SSSR count). The van der Waals surface area contributed by atoms with E-state index in [0.29, 0.717) is 25.8 Å². The zero-order valence-corrected chi connectivity index (χ0v) is 14.7. The largest absolute Gasteiger partial charge is 0.467 e. The molecule has 0 spiro atoms. The van der Waals surface area contributed by atoms with Gasteiger partial charge in [-0.15, -0.1) is 0 Å². The predicted molar refractivity (Wildman–Crippen MR) is 90.1 cm³/mol. The van der Waals surface area contributed by atoms with Crippen molar-refractivity contribution in [1.82, 2.24) is 14.7 Å². The Labute approximate surface area is 142 Å². The molecule has 24 heavy (non-hydrogen) atoms. The zero-order chi connectivity index (χ0) is 17.7. The molecule has 0 aliphatic heterocycles. The molecule has 0 N–H and O–H groups in total. The molecule has 1 amide bonds. The Morgan fingerprint density at radius 3 is 2.88 bits per heavy atom. The molecule has 6 heteroatoms. The smallest absolute Gasteiger partial charge is 0.223 e. The fourth-order valence-corrected chi connectivity index (χ4v) is 2.81. The Balaban J connectivity index is 1.99. The topological polar surface area (TPSA) is 75.1 Å². The van der Waals surface area contributed by atoms with Crippen molar-refractivity contribution in [3.63, 3.8) is 0 Å². The number of rotatable bonds is 7. The van der Waals surface area contributed by atoms with Gasteiger partial charge in [-0.1, -0.05) is 0 Å². The lowest BCUT2D eigenvalue weighted by Gasteiger charge is -2.23. The average Bonchev–Trinajstić information content (AvgIpc) is 3.19. The molecule has 0 saturated carbocycles. The summed E-state index contributed by atoms with van der Waals surface area (Å²) in [5.41, 5.74) is 3.07. The summed E-state index contributed by atoms with van der Waals surface area (Å²) in [5, 5.41) is 13.2. The Bertz CT molecular complexity index is 725. The van der Waals surface area contributed by atoms with Crippen LogP contribution in [0.5, 0.6) is 0 Å². The molecule has 0 aliphatic carbocycles. The van der Waals surface area contributed by atoms with Crippen LogP contribution in [0.3, 0.4) is 0 Å². The Hall–Kier alpha value is -2.55. The van der Waals surface area contributed by atoms with Gasteiger partial charge in [0.25, 0.3) is 0 Å². The van der Waals surface area contributed by atoms with E-state index >= 15 is 0 Å². The minimum absolute atomic E-state index is 0.0717. The van der Waals surface area contributed by atoms with E-state index in [9.17, 15) is 4.79 Å². The third kappa shape index (κ3) is 3.85. The van der Waals surface area contributed by atoms with Gasteiger partial charge in [0.2, 0.25) is 5.91 Å². The SMILES string of the molecule is Cc1nn(CCC#N)c(C)c1CCC(=O)N(C)C(C)c1ccco1. The number of aromatic nitrogens is 2. The summed E-state index contributed by atoms with van der Waals surface area (Å²) < 4.78 is 7.23. The number of carbonyl (C=O) groups is 1. The van der Waals surface area contributed by atoms with E-state index in [1.54, 1.807) is 18.2 Å². The third-order valence-corrected chi connectivity index (χ3v) is 4.48. The summed E-state index contributed by atoms with van der Waals surface area (Å²) in [6.07, 6.45) is 3.13. The van der Waals surface area contributed by atoms with Gasteiger partial charge in [-0.05, 0) is 44.9 Å². The normalized spacial score (nSPS) is 12.0. The van der Waals surface area contributed by atoms with Gasteiger partial charge in [-0.3, -0.25) is 9.48 Å². The minimum Gasteiger partial charge on any atom is -0.467 e. The fraction of sp³-hybridized carbons (Fsp3) is 0.500. The fourth-order valence-electron chi connectivity index (χ4n) is 2.81. The van der Waals surface area contributed by atoms with Gasteiger partial charge < -0.3 is 9.32 Å². The maximum Gasteiger partial charge on any atom is 0.223 e. The molecule has 2 heterocycles. The van der Waals surface area contributed by atoms with Gasteiger partial charge in [0.15, 0.2) is 0 Å². The van der Waals surface area contributed by atoms with Crippen molar-refractivity contribution in [3.8, 4) is 6.07 Å². The lowest BCUT2D eigenvalue weighted by atomic mass is 10.1. The molecule has 6 nitrogen and oxygen atoms in total.